The van der Waals surface area contributed by atoms with Crippen molar-refractivity contribution in [2.75, 3.05) is 19.0 Å². The number of benzene rings is 2. The Morgan fingerprint density at radius 3 is 2.91 bits per heavy atom. The molecule has 120 valence electrons. The van der Waals surface area contributed by atoms with E-state index in [4.69, 9.17) is 16.3 Å². The van der Waals surface area contributed by atoms with Crippen molar-refractivity contribution < 1.29 is 9.53 Å². The lowest BCUT2D eigenvalue weighted by molar-refractivity contribution is -0.119. The Hall–Kier alpha value is -2.05. The smallest absolute Gasteiger partial charge is 0.259 e. The zero-order chi connectivity index (χ0) is 16.7. The molecule has 2 aromatic rings. The maximum atomic E-state index is 11.8. The number of ether oxygens (including phenoxy) is 1. The van der Waals surface area contributed by atoms with Crippen LogP contribution in [0.25, 0.3) is 0 Å². The van der Waals surface area contributed by atoms with Crippen LogP contribution < -0.4 is 15.5 Å². The maximum absolute atomic E-state index is 11.8. The van der Waals surface area contributed by atoms with Crippen LogP contribution in [0.4, 0.5) is 5.69 Å². The summed E-state index contributed by atoms with van der Waals surface area (Å²) >= 11 is 9.24. The first-order valence-corrected chi connectivity index (χ1v) is 7.90. The summed E-state index contributed by atoms with van der Waals surface area (Å²) in [5.41, 5.74) is 4.07. The van der Waals surface area contributed by atoms with Gasteiger partial charge in [-0.15, -0.1) is 0 Å². The molecule has 2 rings (SSSR count). The van der Waals surface area contributed by atoms with Gasteiger partial charge in [0.2, 0.25) is 0 Å². The van der Waals surface area contributed by atoms with Crippen LogP contribution in [0.3, 0.4) is 0 Å². The molecule has 2 N–H and O–H groups in total. The SMILES string of the molecule is COc1cccc(C=NNC(=O)CNc2ccc(Cl)cc2Br)c1. The molecule has 0 aliphatic carbocycles. The minimum atomic E-state index is -0.258. The molecule has 1 amide bonds. The molecule has 0 bridgehead atoms. The molecular weight excluding hydrogens is 382 g/mol. The van der Waals surface area contributed by atoms with E-state index in [1.54, 1.807) is 31.5 Å². The molecule has 0 aliphatic rings. The van der Waals surface area contributed by atoms with Crippen LogP contribution in [-0.4, -0.2) is 25.8 Å². The first-order valence-electron chi connectivity index (χ1n) is 6.73. The van der Waals surface area contributed by atoms with Crippen LogP contribution in [-0.2, 0) is 4.79 Å². The highest BCUT2D eigenvalue weighted by Crippen LogP contribution is 2.25. The van der Waals surface area contributed by atoms with Crippen molar-refractivity contribution in [3.63, 3.8) is 0 Å². The fourth-order valence-electron chi connectivity index (χ4n) is 1.75. The van der Waals surface area contributed by atoms with Crippen molar-refractivity contribution in [1.29, 1.82) is 0 Å². The normalized spacial score (nSPS) is 10.6. The number of anilines is 1. The van der Waals surface area contributed by atoms with E-state index in [0.717, 1.165) is 21.5 Å². The predicted molar refractivity (Wildman–Crippen MR) is 96.4 cm³/mol. The standard InChI is InChI=1S/C16H15BrClN3O2/c1-23-13-4-2-3-11(7-13)9-20-21-16(22)10-19-15-6-5-12(18)8-14(15)17/h2-9,19H,10H2,1H3,(H,21,22). The van der Waals surface area contributed by atoms with Gasteiger partial charge in [0.15, 0.2) is 0 Å². The Balaban J connectivity index is 1.83. The van der Waals surface area contributed by atoms with Gasteiger partial charge < -0.3 is 10.1 Å². The predicted octanol–water partition coefficient (Wildman–Crippen LogP) is 3.67. The number of hydrogen-bond donors (Lipinski definition) is 2. The molecule has 7 heteroatoms. The van der Waals surface area contributed by atoms with Crippen LogP contribution >= 0.6 is 27.5 Å². The highest BCUT2D eigenvalue weighted by Gasteiger charge is 2.03. The Labute approximate surface area is 147 Å². The largest absolute Gasteiger partial charge is 0.497 e. The Morgan fingerprint density at radius 2 is 2.17 bits per heavy atom. The van der Waals surface area contributed by atoms with Crippen molar-refractivity contribution in [2.45, 2.75) is 0 Å². The molecule has 0 spiro atoms. The first kappa shape index (κ1) is 17.3. The van der Waals surface area contributed by atoms with Gasteiger partial charge in [0.05, 0.1) is 19.9 Å². The van der Waals surface area contributed by atoms with E-state index >= 15 is 0 Å². The monoisotopic (exact) mass is 395 g/mol. The fourth-order valence-corrected chi connectivity index (χ4v) is 2.57. The van der Waals surface area contributed by atoms with Gasteiger partial charge in [0.1, 0.15) is 5.75 Å². The molecule has 0 radical (unpaired) electrons. The highest BCUT2D eigenvalue weighted by molar-refractivity contribution is 9.10. The van der Waals surface area contributed by atoms with Crippen molar-refractivity contribution in [2.24, 2.45) is 5.10 Å². The zero-order valence-electron chi connectivity index (χ0n) is 12.3. The van der Waals surface area contributed by atoms with Gasteiger partial charge in [-0.05, 0) is 51.8 Å². The minimum absolute atomic E-state index is 0.0929. The van der Waals surface area contributed by atoms with E-state index < -0.39 is 0 Å². The first-order chi connectivity index (χ1) is 11.1. The summed E-state index contributed by atoms with van der Waals surface area (Å²) in [4.78, 5) is 11.8. The molecule has 0 heterocycles. The number of halogens is 2. The van der Waals surface area contributed by atoms with Gasteiger partial charge in [0, 0.05) is 15.2 Å². The summed E-state index contributed by atoms with van der Waals surface area (Å²) in [6.07, 6.45) is 1.55. The lowest BCUT2D eigenvalue weighted by Crippen LogP contribution is -2.26. The molecule has 0 saturated heterocycles. The van der Waals surface area contributed by atoms with Gasteiger partial charge >= 0.3 is 0 Å². The molecule has 0 saturated carbocycles. The Bertz CT molecular complexity index is 722. The number of nitrogens with one attached hydrogen (secondary N) is 2. The molecule has 0 atom stereocenters. The summed E-state index contributed by atoms with van der Waals surface area (Å²) in [6, 6.07) is 12.7. The van der Waals surface area contributed by atoms with Crippen LogP contribution in [0.5, 0.6) is 5.75 Å². The molecule has 2 aromatic carbocycles. The fraction of sp³-hybridized carbons (Fsp3) is 0.125. The molecule has 0 aliphatic heterocycles. The number of carbonyl (C=O) groups is 1. The third-order valence-electron chi connectivity index (χ3n) is 2.87. The Morgan fingerprint density at radius 1 is 1.35 bits per heavy atom. The number of hydrazone groups is 1. The van der Waals surface area contributed by atoms with E-state index in [9.17, 15) is 4.79 Å². The Kier molecular flexibility index (Phi) is 6.43. The lowest BCUT2D eigenvalue weighted by atomic mass is 10.2. The maximum Gasteiger partial charge on any atom is 0.259 e. The van der Waals surface area contributed by atoms with Crippen LogP contribution in [0.15, 0.2) is 52.0 Å². The average Bonchev–Trinajstić information content (AvgIpc) is 2.54. The molecular formula is C16H15BrClN3O2. The summed E-state index contributed by atoms with van der Waals surface area (Å²) in [6.45, 7) is 0.0929. The topological polar surface area (TPSA) is 62.7 Å². The minimum Gasteiger partial charge on any atom is -0.497 e. The summed E-state index contributed by atoms with van der Waals surface area (Å²) in [5, 5.41) is 7.53. The van der Waals surface area contributed by atoms with Crippen LogP contribution in [0.1, 0.15) is 5.56 Å². The summed E-state index contributed by atoms with van der Waals surface area (Å²) in [5.74, 6) is 0.473. The number of methoxy groups -OCH3 is 1. The number of carbonyl (C=O) groups excluding carboxylic acids is 1. The molecule has 5 nitrogen and oxygen atoms in total. The highest BCUT2D eigenvalue weighted by atomic mass is 79.9. The summed E-state index contributed by atoms with van der Waals surface area (Å²) < 4.78 is 5.91. The van der Waals surface area contributed by atoms with Crippen molar-refractivity contribution >= 4 is 45.3 Å². The third kappa shape index (κ3) is 5.58. The van der Waals surface area contributed by atoms with Gasteiger partial charge in [-0.3, -0.25) is 4.79 Å². The van der Waals surface area contributed by atoms with Crippen LogP contribution in [0, 0.1) is 0 Å². The van der Waals surface area contributed by atoms with Gasteiger partial charge in [-0.25, -0.2) is 5.43 Å². The van der Waals surface area contributed by atoms with Crippen molar-refractivity contribution in [3.8, 4) is 5.75 Å². The number of hydrogen-bond acceptors (Lipinski definition) is 4. The number of rotatable bonds is 6. The van der Waals surface area contributed by atoms with E-state index in [0.29, 0.717) is 5.02 Å². The van der Waals surface area contributed by atoms with E-state index in [2.05, 4.69) is 31.8 Å². The van der Waals surface area contributed by atoms with Crippen LogP contribution in [0.2, 0.25) is 5.02 Å². The van der Waals surface area contributed by atoms with Gasteiger partial charge in [-0.1, -0.05) is 23.7 Å². The van der Waals surface area contributed by atoms with E-state index in [1.165, 1.54) is 0 Å². The average molecular weight is 397 g/mol. The van der Waals surface area contributed by atoms with E-state index in [-0.39, 0.29) is 12.5 Å². The molecule has 0 aromatic heterocycles. The van der Waals surface area contributed by atoms with E-state index in [1.807, 2.05) is 24.3 Å². The lowest BCUT2D eigenvalue weighted by Gasteiger charge is -2.07. The zero-order valence-corrected chi connectivity index (χ0v) is 14.7. The van der Waals surface area contributed by atoms with Gasteiger partial charge in [0.25, 0.3) is 5.91 Å². The second-order valence-electron chi connectivity index (χ2n) is 4.55. The quantitative estimate of drug-likeness (QED) is 0.578. The molecule has 0 unspecified atom stereocenters. The third-order valence-corrected chi connectivity index (χ3v) is 3.76. The number of nitrogens with zero attached hydrogens (tertiary/aromatic N) is 1. The summed E-state index contributed by atoms with van der Waals surface area (Å²) in [7, 11) is 1.60. The second kappa shape index (κ2) is 8.55. The molecule has 0 fully saturated rings. The van der Waals surface area contributed by atoms with Crippen molar-refractivity contribution in [1.82, 2.24) is 5.43 Å². The van der Waals surface area contributed by atoms with Crippen molar-refractivity contribution in [3.05, 3.63) is 57.5 Å². The van der Waals surface area contributed by atoms with Gasteiger partial charge in [-0.2, -0.15) is 5.10 Å². The second-order valence-corrected chi connectivity index (χ2v) is 5.84. The number of amides is 1. The molecule has 23 heavy (non-hydrogen) atoms.